The van der Waals surface area contributed by atoms with Crippen molar-refractivity contribution >= 4 is 27.5 Å². The Morgan fingerprint density at radius 1 is 1.17 bits per heavy atom. The summed E-state index contributed by atoms with van der Waals surface area (Å²) >= 11 is 9.40. The first kappa shape index (κ1) is 16.0. The van der Waals surface area contributed by atoms with Gasteiger partial charge in [0, 0.05) is 9.50 Å². The van der Waals surface area contributed by atoms with Crippen LogP contribution in [0.5, 0.6) is 0 Å². The van der Waals surface area contributed by atoms with E-state index < -0.39 is 6.10 Å². The Hall–Kier alpha value is -0.0500. The fourth-order valence-corrected chi connectivity index (χ4v) is 2.73. The van der Waals surface area contributed by atoms with E-state index in [1.54, 1.807) is 0 Å². The maximum atomic E-state index is 10.1. The number of aliphatic hydroxyl groups is 1. The molecule has 0 saturated carbocycles. The van der Waals surface area contributed by atoms with Crippen LogP contribution in [0.2, 0.25) is 5.02 Å². The SMILES string of the molecule is CCCCCCCCC(O)c1cc(Cl)ccc1Br. The quantitative estimate of drug-likeness (QED) is 0.588. The van der Waals surface area contributed by atoms with Crippen LogP contribution < -0.4 is 0 Å². The summed E-state index contributed by atoms with van der Waals surface area (Å²) in [6.07, 6.45) is 7.86. The number of halogens is 2. The largest absolute Gasteiger partial charge is 0.388 e. The average Bonchev–Trinajstić information content (AvgIpc) is 2.36. The molecular formula is C15H22BrClO. The van der Waals surface area contributed by atoms with Gasteiger partial charge in [0.2, 0.25) is 0 Å². The molecule has 0 aromatic heterocycles. The van der Waals surface area contributed by atoms with Crippen LogP contribution in [0, 0.1) is 0 Å². The summed E-state index contributed by atoms with van der Waals surface area (Å²) in [4.78, 5) is 0. The fraction of sp³-hybridized carbons (Fsp3) is 0.600. The molecule has 1 atom stereocenters. The normalized spacial score (nSPS) is 12.7. The lowest BCUT2D eigenvalue weighted by Crippen LogP contribution is -1.98. The third-order valence-electron chi connectivity index (χ3n) is 3.15. The summed E-state index contributed by atoms with van der Waals surface area (Å²) in [6.45, 7) is 2.22. The zero-order valence-electron chi connectivity index (χ0n) is 11.0. The van der Waals surface area contributed by atoms with Crippen molar-refractivity contribution in [2.75, 3.05) is 0 Å². The fourth-order valence-electron chi connectivity index (χ4n) is 2.04. The van der Waals surface area contributed by atoms with E-state index >= 15 is 0 Å². The lowest BCUT2D eigenvalue weighted by atomic mass is 10.0. The lowest BCUT2D eigenvalue weighted by Gasteiger charge is -2.13. The number of aliphatic hydroxyl groups excluding tert-OH is 1. The molecule has 0 spiro atoms. The molecule has 0 bridgehead atoms. The molecule has 0 fully saturated rings. The molecule has 0 saturated heterocycles. The molecule has 0 aliphatic heterocycles. The van der Waals surface area contributed by atoms with Gasteiger partial charge in [0.1, 0.15) is 0 Å². The van der Waals surface area contributed by atoms with Crippen LogP contribution in [0.4, 0.5) is 0 Å². The van der Waals surface area contributed by atoms with Gasteiger partial charge in [0.05, 0.1) is 6.10 Å². The molecule has 1 nitrogen and oxygen atoms in total. The van der Waals surface area contributed by atoms with Gasteiger partial charge in [-0.2, -0.15) is 0 Å². The monoisotopic (exact) mass is 332 g/mol. The highest BCUT2D eigenvalue weighted by Gasteiger charge is 2.11. The average molecular weight is 334 g/mol. The molecule has 0 aliphatic carbocycles. The maximum Gasteiger partial charge on any atom is 0.0801 e. The number of benzene rings is 1. The highest BCUT2D eigenvalue weighted by atomic mass is 79.9. The van der Waals surface area contributed by atoms with Crippen molar-refractivity contribution in [1.82, 2.24) is 0 Å². The Bertz CT molecular complexity index is 354. The molecule has 1 aromatic rings. The molecule has 1 aromatic carbocycles. The molecule has 3 heteroatoms. The minimum absolute atomic E-state index is 0.413. The van der Waals surface area contributed by atoms with Crippen LogP contribution in [-0.2, 0) is 0 Å². The van der Waals surface area contributed by atoms with Crippen LogP contribution in [-0.4, -0.2) is 5.11 Å². The van der Waals surface area contributed by atoms with E-state index in [9.17, 15) is 5.11 Å². The standard InChI is InChI=1S/C15H22BrClO/c1-2-3-4-5-6-7-8-15(18)13-11-12(17)9-10-14(13)16/h9-11,15,18H,2-8H2,1H3. The first-order chi connectivity index (χ1) is 8.65. The molecule has 102 valence electrons. The van der Waals surface area contributed by atoms with E-state index in [1.807, 2.05) is 18.2 Å². The molecule has 0 heterocycles. The van der Waals surface area contributed by atoms with E-state index in [2.05, 4.69) is 22.9 Å². The minimum Gasteiger partial charge on any atom is -0.388 e. The van der Waals surface area contributed by atoms with Gasteiger partial charge in [-0.25, -0.2) is 0 Å². The zero-order chi connectivity index (χ0) is 13.4. The lowest BCUT2D eigenvalue weighted by molar-refractivity contribution is 0.162. The van der Waals surface area contributed by atoms with Gasteiger partial charge in [0.15, 0.2) is 0 Å². The predicted octanol–water partition coefficient (Wildman–Crippen LogP) is 5.89. The highest BCUT2D eigenvalue weighted by Crippen LogP contribution is 2.29. The topological polar surface area (TPSA) is 20.2 Å². The second kappa shape index (κ2) is 8.95. The Morgan fingerprint density at radius 3 is 2.56 bits per heavy atom. The van der Waals surface area contributed by atoms with E-state index in [0.29, 0.717) is 5.02 Å². The Balaban J connectivity index is 2.31. The highest BCUT2D eigenvalue weighted by molar-refractivity contribution is 9.10. The van der Waals surface area contributed by atoms with Crippen molar-refractivity contribution < 1.29 is 5.11 Å². The smallest absolute Gasteiger partial charge is 0.0801 e. The van der Waals surface area contributed by atoms with Crippen LogP contribution in [0.1, 0.15) is 63.5 Å². The van der Waals surface area contributed by atoms with Gasteiger partial charge in [-0.1, -0.05) is 73.0 Å². The van der Waals surface area contributed by atoms with Crippen LogP contribution >= 0.6 is 27.5 Å². The molecule has 1 rings (SSSR count). The summed E-state index contributed by atoms with van der Waals surface area (Å²) in [7, 11) is 0. The summed E-state index contributed by atoms with van der Waals surface area (Å²) in [5, 5.41) is 10.8. The molecule has 1 N–H and O–H groups in total. The summed E-state index contributed by atoms with van der Waals surface area (Å²) in [6, 6.07) is 5.56. The summed E-state index contributed by atoms with van der Waals surface area (Å²) in [5.41, 5.74) is 0.899. The van der Waals surface area contributed by atoms with E-state index in [0.717, 1.165) is 22.9 Å². The Labute approximate surface area is 124 Å². The van der Waals surface area contributed by atoms with Crippen molar-refractivity contribution in [3.05, 3.63) is 33.3 Å². The van der Waals surface area contributed by atoms with Gasteiger partial charge >= 0.3 is 0 Å². The van der Waals surface area contributed by atoms with Gasteiger partial charge in [0.25, 0.3) is 0 Å². The number of hydrogen-bond acceptors (Lipinski definition) is 1. The maximum absolute atomic E-state index is 10.1. The summed E-state index contributed by atoms with van der Waals surface area (Å²) < 4.78 is 0.936. The first-order valence-corrected chi connectivity index (χ1v) is 7.95. The third-order valence-corrected chi connectivity index (χ3v) is 4.11. The zero-order valence-corrected chi connectivity index (χ0v) is 13.3. The molecule has 0 amide bonds. The van der Waals surface area contributed by atoms with Crippen molar-refractivity contribution in [2.24, 2.45) is 0 Å². The second-order valence-electron chi connectivity index (χ2n) is 4.74. The Morgan fingerprint density at radius 2 is 1.83 bits per heavy atom. The molecule has 18 heavy (non-hydrogen) atoms. The summed E-state index contributed by atoms with van der Waals surface area (Å²) in [5.74, 6) is 0. The van der Waals surface area contributed by atoms with Crippen molar-refractivity contribution in [1.29, 1.82) is 0 Å². The molecular weight excluding hydrogens is 312 g/mol. The van der Waals surface area contributed by atoms with Crippen LogP contribution in [0.3, 0.4) is 0 Å². The molecule has 0 radical (unpaired) electrons. The van der Waals surface area contributed by atoms with E-state index in [-0.39, 0.29) is 0 Å². The second-order valence-corrected chi connectivity index (χ2v) is 6.03. The van der Waals surface area contributed by atoms with E-state index in [4.69, 9.17) is 11.6 Å². The third kappa shape index (κ3) is 5.73. The van der Waals surface area contributed by atoms with Crippen LogP contribution in [0.25, 0.3) is 0 Å². The number of unbranched alkanes of at least 4 members (excludes halogenated alkanes) is 5. The Kier molecular flexibility index (Phi) is 7.96. The molecule has 1 unspecified atom stereocenters. The van der Waals surface area contributed by atoms with Gasteiger partial charge in [-0.15, -0.1) is 0 Å². The minimum atomic E-state index is -0.413. The predicted molar refractivity (Wildman–Crippen MR) is 82.1 cm³/mol. The van der Waals surface area contributed by atoms with Gasteiger partial charge in [-0.05, 0) is 30.2 Å². The number of hydrogen-bond donors (Lipinski definition) is 1. The van der Waals surface area contributed by atoms with Gasteiger partial charge in [-0.3, -0.25) is 0 Å². The first-order valence-electron chi connectivity index (χ1n) is 6.78. The van der Waals surface area contributed by atoms with Gasteiger partial charge < -0.3 is 5.11 Å². The van der Waals surface area contributed by atoms with E-state index in [1.165, 1.54) is 32.1 Å². The van der Waals surface area contributed by atoms with Crippen molar-refractivity contribution in [2.45, 2.75) is 58.0 Å². The number of rotatable bonds is 8. The van der Waals surface area contributed by atoms with Crippen LogP contribution in [0.15, 0.2) is 22.7 Å². The molecule has 0 aliphatic rings. The van der Waals surface area contributed by atoms with Crippen molar-refractivity contribution in [3.63, 3.8) is 0 Å². The van der Waals surface area contributed by atoms with Crippen molar-refractivity contribution in [3.8, 4) is 0 Å².